The molecule has 1 aromatic carbocycles. The van der Waals surface area contributed by atoms with Crippen molar-refractivity contribution in [2.24, 2.45) is 0 Å². The van der Waals surface area contributed by atoms with E-state index in [2.05, 4.69) is 56.0 Å². The van der Waals surface area contributed by atoms with Gasteiger partial charge in [0.25, 0.3) is 0 Å². The third-order valence-electron chi connectivity index (χ3n) is 6.09. The number of hydrogen-bond acceptors (Lipinski definition) is 6. The van der Waals surface area contributed by atoms with Gasteiger partial charge in [-0.05, 0) is 31.4 Å². The lowest BCUT2D eigenvalue weighted by Crippen LogP contribution is -2.21. The molecule has 0 aliphatic carbocycles. The Bertz CT molecular complexity index is 736. The Balaban J connectivity index is 2.06. The van der Waals surface area contributed by atoms with Gasteiger partial charge < -0.3 is 4.90 Å². The van der Waals surface area contributed by atoms with Crippen LogP contribution in [0.1, 0.15) is 111 Å². The first kappa shape index (κ1) is 30.0. The predicted molar refractivity (Wildman–Crippen MR) is 156 cm³/mol. The fourth-order valence-corrected chi connectivity index (χ4v) is 5.65. The summed E-state index contributed by atoms with van der Waals surface area (Å²) in [6, 6.07) is 10.6. The number of rotatable bonds is 21. The van der Waals surface area contributed by atoms with Crippen LogP contribution in [-0.4, -0.2) is 33.0 Å². The molecule has 0 radical (unpaired) electrons. The Morgan fingerprint density at radius 2 is 1.06 bits per heavy atom. The highest BCUT2D eigenvalue weighted by Crippen LogP contribution is 2.28. The van der Waals surface area contributed by atoms with Crippen LogP contribution in [0.4, 0.5) is 11.6 Å². The van der Waals surface area contributed by atoms with Crippen LogP contribution in [0.15, 0.2) is 40.6 Å². The molecule has 0 spiro atoms. The highest BCUT2D eigenvalue weighted by Gasteiger charge is 2.16. The fourth-order valence-electron chi connectivity index (χ4n) is 3.94. The molecule has 0 unspecified atom stereocenters. The largest absolute Gasteiger partial charge is 0.310 e. The number of benzene rings is 1. The third kappa shape index (κ3) is 13.0. The first-order chi connectivity index (χ1) is 17.3. The van der Waals surface area contributed by atoms with E-state index >= 15 is 0 Å². The van der Waals surface area contributed by atoms with E-state index in [-0.39, 0.29) is 0 Å². The first-order valence-electron chi connectivity index (χ1n) is 14.1. The van der Waals surface area contributed by atoms with Crippen LogP contribution in [0.5, 0.6) is 0 Å². The Morgan fingerprint density at radius 3 is 1.57 bits per heavy atom. The molecule has 2 aromatic rings. The molecule has 196 valence electrons. The van der Waals surface area contributed by atoms with Crippen molar-refractivity contribution in [1.82, 2.24) is 15.0 Å². The van der Waals surface area contributed by atoms with Gasteiger partial charge in [0.15, 0.2) is 10.3 Å². The summed E-state index contributed by atoms with van der Waals surface area (Å²) in [4.78, 5) is 17.0. The molecule has 0 saturated carbocycles. The summed E-state index contributed by atoms with van der Waals surface area (Å²) in [5, 5.41) is 1.76. The van der Waals surface area contributed by atoms with Crippen molar-refractivity contribution in [3.05, 3.63) is 30.3 Å². The summed E-state index contributed by atoms with van der Waals surface area (Å²) < 4.78 is 0. The van der Waals surface area contributed by atoms with Crippen molar-refractivity contribution in [1.29, 1.82) is 0 Å². The van der Waals surface area contributed by atoms with Crippen LogP contribution in [0.2, 0.25) is 0 Å². The maximum Gasteiger partial charge on any atom is 0.234 e. The van der Waals surface area contributed by atoms with E-state index in [0.717, 1.165) is 52.8 Å². The molecule has 6 heteroatoms. The molecule has 0 saturated heterocycles. The molecule has 1 heterocycles. The maximum atomic E-state index is 4.94. The first-order valence-corrected chi connectivity index (χ1v) is 16.1. The van der Waals surface area contributed by atoms with E-state index in [4.69, 9.17) is 15.0 Å². The number of aromatic nitrogens is 3. The van der Waals surface area contributed by atoms with Gasteiger partial charge in [-0.2, -0.15) is 15.0 Å². The van der Waals surface area contributed by atoms with Crippen LogP contribution >= 0.6 is 23.5 Å². The Morgan fingerprint density at radius 1 is 0.571 bits per heavy atom. The molecule has 0 amide bonds. The summed E-state index contributed by atoms with van der Waals surface area (Å²) in [6.07, 6.45) is 18.1. The highest BCUT2D eigenvalue weighted by atomic mass is 32.2. The van der Waals surface area contributed by atoms with Crippen molar-refractivity contribution < 1.29 is 0 Å². The number of anilines is 2. The van der Waals surface area contributed by atoms with Crippen LogP contribution < -0.4 is 4.90 Å². The van der Waals surface area contributed by atoms with E-state index in [1.54, 1.807) is 23.5 Å². The highest BCUT2D eigenvalue weighted by molar-refractivity contribution is 7.99. The Kier molecular flexibility index (Phi) is 17.0. The zero-order valence-corrected chi connectivity index (χ0v) is 24.1. The summed E-state index contributed by atoms with van der Waals surface area (Å²) in [5.74, 6) is 2.96. The summed E-state index contributed by atoms with van der Waals surface area (Å²) in [7, 11) is 0. The van der Waals surface area contributed by atoms with Crippen molar-refractivity contribution in [3.8, 4) is 0 Å². The second-order valence-corrected chi connectivity index (χ2v) is 11.4. The Labute approximate surface area is 223 Å². The summed E-state index contributed by atoms with van der Waals surface area (Å²) >= 11 is 3.60. The minimum absolute atomic E-state index is 0.801. The van der Waals surface area contributed by atoms with E-state index in [9.17, 15) is 0 Å². The summed E-state index contributed by atoms with van der Waals surface area (Å²) in [6.45, 7) is 7.71. The second-order valence-electron chi connectivity index (χ2n) is 9.27. The number of nitrogens with zero attached hydrogens (tertiary/aromatic N) is 4. The second kappa shape index (κ2) is 19.9. The molecular weight excluding hydrogens is 468 g/mol. The van der Waals surface area contributed by atoms with Crippen molar-refractivity contribution in [2.45, 2.75) is 121 Å². The van der Waals surface area contributed by atoms with E-state index in [1.807, 2.05) is 0 Å². The van der Waals surface area contributed by atoms with Crippen LogP contribution in [0.3, 0.4) is 0 Å². The molecule has 0 bridgehead atoms. The van der Waals surface area contributed by atoms with E-state index in [1.165, 1.54) is 77.0 Å². The van der Waals surface area contributed by atoms with Gasteiger partial charge in [0.05, 0.1) is 0 Å². The quantitative estimate of drug-likeness (QED) is 0.121. The molecule has 0 aliphatic rings. The normalized spacial score (nSPS) is 11.2. The van der Waals surface area contributed by atoms with Gasteiger partial charge in [0.1, 0.15) is 0 Å². The molecule has 35 heavy (non-hydrogen) atoms. The van der Waals surface area contributed by atoms with Crippen LogP contribution in [0.25, 0.3) is 0 Å². The lowest BCUT2D eigenvalue weighted by Gasteiger charge is -2.23. The molecule has 1 aromatic heterocycles. The smallest absolute Gasteiger partial charge is 0.234 e. The molecule has 0 N–H and O–H groups in total. The van der Waals surface area contributed by atoms with Gasteiger partial charge in [-0.1, -0.05) is 133 Å². The minimum atomic E-state index is 0.801. The topological polar surface area (TPSA) is 41.9 Å². The molecule has 0 atom stereocenters. The number of thioether (sulfide) groups is 2. The van der Waals surface area contributed by atoms with Crippen LogP contribution in [-0.2, 0) is 0 Å². The third-order valence-corrected chi connectivity index (χ3v) is 7.95. The average molecular weight is 517 g/mol. The molecule has 0 fully saturated rings. The minimum Gasteiger partial charge on any atom is -0.310 e. The van der Waals surface area contributed by atoms with Gasteiger partial charge in [-0.25, -0.2) is 0 Å². The number of para-hydroxylation sites is 1. The fraction of sp³-hybridized carbons (Fsp3) is 0.690. The predicted octanol–water partition coefficient (Wildman–Crippen LogP) is 9.71. The van der Waals surface area contributed by atoms with Gasteiger partial charge in [-0.3, -0.25) is 0 Å². The zero-order valence-electron chi connectivity index (χ0n) is 22.5. The van der Waals surface area contributed by atoms with Crippen molar-refractivity contribution in [2.75, 3.05) is 23.0 Å². The van der Waals surface area contributed by atoms with Gasteiger partial charge in [-0.15, -0.1) is 0 Å². The summed E-state index contributed by atoms with van der Waals surface area (Å²) in [5.41, 5.74) is 1.16. The lowest BCUT2D eigenvalue weighted by molar-refractivity contribution is 0.626. The number of hydrogen-bond donors (Lipinski definition) is 0. The molecule has 2 rings (SSSR count). The molecular formula is C29H48N4S2. The maximum absolute atomic E-state index is 4.94. The van der Waals surface area contributed by atoms with E-state index in [0.29, 0.717) is 0 Å². The van der Waals surface area contributed by atoms with Crippen molar-refractivity contribution in [3.63, 3.8) is 0 Å². The zero-order chi connectivity index (χ0) is 25.0. The standard InChI is InChI=1S/C29H48N4S2/c1-4-7-10-12-14-19-24-34-28-30-27(33(23-9-6-3)26-21-17-16-18-22-26)31-29(32-28)35-25-20-15-13-11-8-5-2/h16-18,21-22H,4-15,19-20,23-25H2,1-3H3. The average Bonchev–Trinajstić information content (AvgIpc) is 2.88. The van der Waals surface area contributed by atoms with Gasteiger partial charge >= 0.3 is 0 Å². The van der Waals surface area contributed by atoms with Crippen LogP contribution in [0, 0.1) is 0 Å². The monoisotopic (exact) mass is 516 g/mol. The molecule has 4 nitrogen and oxygen atoms in total. The Hall–Kier alpha value is -1.27. The van der Waals surface area contributed by atoms with Gasteiger partial charge in [0, 0.05) is 23.7 Å². The van der Waals surface area contributed by atoms with Gasteiger partial charge in [0.2, 0.25) is 5.95 Å². The molecule has 0 aliphatic heterocycles. The van der Waals surface area contributed by atoms with E-state index < -0.39 is 0 Å². The lowest BCUT2D eigenvalue weighted by atomic mass is 10.1. The number of unbranched alkanes of at least 4 members (excludes halogenated alkanes) is 11. The SMILES string of the molecule is CCCCCCCCSc1nc(SCCCCCCCC)nc(N(CCCC)c2ccccc2)n1. The van der Waals surface area contributed by atoms with Crippen molar-refractivity contribution >= 4 is 35.2 Å².